The standard InChI is InChI=1S/C16H16FN3O2/c1-9(2)13-15(21)20(16(22)19-13)8-11-7-12(17)6-10-4-3-5-18-14(10)11/h3-7,9,13H,8H2,1-2H3,(H,19,22). The van der Waals surface area contributed by atoms with E-state index in [1.165, 1.54) is 12.1 Å². The molecule has 1 N–H and O–H groups in total. The van der Waals surface area contributed by atoms with Crippen LogP contribution < -0.4 is 5.32 Å². The lowest BCUT2D eigenvalue weighted by molar-refractivity contribution is -0.128. The van der Waals surface area contributed by atoms with Crippen LogP contribution in [0.1, 0.15) is 19.4 Å². The molecular formula is C16H16FN3O2. The van der Waals surface area contributed by atoms with Crippen LogP contribution in [0, 0.1) is 11.7 Å². The van der Waals surface area contributed by atoms with E-state index in [9.17, 15) is 14.0 Å². The Bertz CT molecular complexity index is 760. The highest BCUT2D eigenvalue weighted by Crippen LogP contribution is 2.22. The molecule has 6 heteroatoms. The van der Waals surface area contributed by atoms with Gasteiger partial charge in [-0.2, -0.15) is 0 Å². The topological polar surface area (TPSA) is 62.3 Å². The van der Waals surface area contributed by atoms with Crippen molar-refractivity contribution < 1.29 is 14.0 Å². The van der Waals surface area contributed by atoms with Crippen molar-refractivity contribution in [3.05, 3.63) is 41.8 Å². The summed E-state index contributed by atoms with van der Waals surface area (Å²) in [5.41, 5.74) is 1.11. The highest BCUT2D eigenvalue weighted by Gasteiger charge is 2.39. The average molecular weight is 301 g/mol. The Morgan fingerprint density at radius 2 is 2.14 bits per heavy atom. The maximum absolute atomic E-state index is 13.7. The Balaban J connectivity index is 1.97. The first-order chi connectivity index (χ1) is 10.5. The van der Waals surface area contributed by atoms with Gasteiger partial charge in [0.2, 0.25) is 0 Å². The van der Waals surface area contributed by atoms with Crippen molar-refractivity contribution in [3.63, 3.8) is 0 Å². The van der Waals surface area contributed by atoms with Crippen molar-refractivity contribution in [2.24, 2.45) is 5.92 Å². The smallest absolute Gasteiger partial charge is 0.325 e. The van der Waals surface area contributed by atoms with Crippen LogP contribution in [-0.4, -0.2) is 27.9 Å². The van der Waals surface area contributed by atoms with E-state index in [2.05, 4.69) is 10.3 Å². The number of rotatable bonds is 3. The Labute approximate surface area is 127 Å². The molecule has 1 aromatic carbocycles. The van der Waals surface area contributed by atoms with Crippen molar-refractivity contribution in [3.8, 4) is 0 Å². The van der Waals surface area contributed by atoms with Gasteiger partial charge in [-0.05, 0) is 24.1 Å². The second-order valence-electron chi connectivity index (χ2n) is 5.74. The van der Waals surface area contributed by atoms with Gasteiger partial charge in [-0.25, -0.2) is 9.18 Å². The number of amides is 3. The molecule has 1 unspecified atom stereocenters. The number of aromatic nitrogens is 1. The van der Waals surface area contributed by atoms with Crippen LogP contribution >= 0.6 is 0 Å². The van der Waals surface area contributed by atoms with Gasteiger partial charge in [-0.3, -0.25) is 14.7 Å². The summed E-state index contributed by atoms with van der Waals surface area (Å²) in [4.78, 5) is 29.7. The molecule has 1 aromatic heterocycles. The van der Waals surface area contributed by atoms with Crippen molar-refractivity contribution in [2.75, 3.05) is 0 Å². The first-order valence-corrected chi connectivity index (χ1v) is 7.12. The van der Waals surface area contributed by atoms with E-state index < -0.39 is 17.9 Å². The van der Waals surface area contributed by atoms with E-state index in [0.29, 0.717) is 16.5 Å². The molecule has 2 aromatic rings. The summed E-state index contributed by atoms with van der Waals surface area (Å²) in [7, 11) is 0. The summed E-state index contributed by atoms with van der Waals surface area (Å²) in [6.07, 6.45) is 1.60. The van der Waals surface area contributed by atoms with Crippen molar-refractivity contribution >= 4 is 22.8 Å². The SMILES string of the molecule is CC(C)C1NC(=O)N(Cc2cc(F)cc3cccnc23)C1=O. The minimum Gasteiger partial charge on any atom is -0.326 e. The third-order valence-corrected chi connectivity index (χ3v) is 3.80. The summed E-state index contributed by atoms with van der Waals surface area (Å²) in [5.74, 6) is -0.694. The van der Waals surface area contributed by atoms with Crippen LogP contribution in [0.2, 0.25) is 0 Å². The molecule has 0 aliphatic carbocycles. The maximum Gasteiger partial charge on any atom is 0.325 e. The van der Waals surface area contributed by atoms with Crippen LogP contribution in [0.25, 0.3) is 10.9 Å². The summed E-state index contributed by atoms with van der Waals surface area (Å²) < 4.78 is 13.7. The van der Waals surface area contributed by atoms with Crippen molar-refractivity contribution in [1.82, 2.24) is 15.2 Å². The molecular weight excluding hydrogens is 285 g/mol. The highest BCUT2D eigenvalue weighted by molar-refractivity contribution is 6.04. The fourth-order valence-corrected chi connectivity index (χ4v) is 2.66. The van der Waals surface area contributed by atoms with E-state index in [4.69, 9.17) is 0 Å². The van der Waals surface area contributed by atoms with Gasteiger partial charge in [-0.15, -0.1) is 0 Å². The van der Waals surface area contributed by atoms with E-state index in [1.54, 1.807) is 18.3 Å². The van der Waals surface area contributed by atoms with Crippen LogP contribution in [0.5, 0.6) is 0 Å². The van der Waals surface area contributed by atoms with Gasteiger partial charge in [-0.1, -0.05) is 19.9 Å². The number of carbonyl (C=O) groups is 2. The average Bonchev–Trinajstić information content (AvgIpc) is 2.75. The fourth-order valence-electron chi connectivity index (χ4n) is 2.66. The second kappa shape index (κ2) is 5.36. The normalized spacial score (nSPS) is 18.4. The summed E-state index contributed by atoms with van der Waals surface area (Å²) in [6, 6.07) is 5.19. The number of pyridine rings is 1. The van der Waals surface area contributed by atoms with Crippen molar-refractivity contribution in [1.29, 1.82) is 0 Å². The van der Waals surface area contributed by atoms with Gasteiger partial charge in [0.1, 0.15) is 11.9 Å². The monoisotopic (exact) mass is 301 g/mol. The Morgan fingerprint density at radius 1 is 1.36 bits per heavy atom. The molecule has 1 aliphatic heterocycles. The van der Waals surface area contributed by atoms with E-state index >= 15 is 0 Å². The summed E-state index contributed by atoms with van der Waals surface area (Å²) in [6.45, 7) is 3.75. The van der Waals surface area contributed by atoms with Gasteiger partial charge in [0.25, 0.3) is 5.91 Å². The number of nitrogens with one attached hydrogen (secondary N) is 1. The molecule has 0 radical (unpaired) electrons. The second-order valence-corrected chi connectivity index (χ2v) is 5.74. The summed E-state index contributed by atoms with van der Waals surface area (Å²) in [5, 5.41) is 3.30. The van der Waals surface area contributed by atoms with E-state index in [1.807, 2.05) is 13.8 Å². The van der Waals surface area contributed by atoms with Crippen LogP contribution in [0.4, 0.5) is 9.18 Å². The molecule has 3 amide bonds. The number of fused-ring (bicyclic) bond motifs is 1. The van der Waals surface area contributed by atoms with Gasteiger partial charge < -0.3 is 5.32 Å². The first kappa shape index (κ1) is 14.4. The molecule has 114 valence electrons. The molecule has 1 fully saturated rings. The number of carbonyl (C=O) groups excluding carboxylic acids is 2. The number of hydrogen-bond acceptors (Lipinski definition) is 3. The Morgan fingerprint density at radius 3 is 2.82 bits per heavy atom. The van der Waals surface area contributed by atoms with E-state index in [-0.39, 0.29) is 18.4 Å². The number of hydrogen-bond donors (Lipinski definition) is 1. The highest BCUT2D eigenvalue weighted by atomic mass is 19.1. The van der Waals surface area contributed by atoms with Crippen LogP contribution in [0.15, 0.2) is 30.5 Å². The lowest BCUT2D eigenvalue weighted by atomic mass is 10.0. The van der Waals surface area contributed by atoms with E-state index in [0.717, 1.165) is 4.90 Å². The predicted molar refractivity (Wildman–Crippen MR) is 79.4 cm³/mol. The maximum atomic E-state index is 13.7. The molecule has 2 heterocycles. The third-order valence-electron chi connectivity index (χ3n) is 3.80. The van der Waals surface area contributed by atoms with Gasteiger partial charge in [0.15, 0.2) is 0 Å². The van der Waals surface area contributed by atoms with Crippen LogP contribution in [-0.2, 0) is 11.3 Å². The van der Waals surface area contributed by atoms with Crippen molar-refractivity contribution in [2.45, 2.75) is 26.4 Å². The number of nitrogens with zero attached hydrogens (tertiary/aromatic N) is 2. The fraction of sp³-hybridized carbons (Fsp3) is 0.312. The molecule has 3 rings (SSSR count). The number of urea groups is 1. The minimum absolute atomic E-state index is 0.00355. The zero-order valence-corrected chi connectivity index (χ0v) is 12.3. The third kappa shape index (κ3) is 2.41. The number of halogens is 1. The number of benzene rings is 1. The Kier molecular flexibility index (Phi) is 3.52. The quantitative estimate of drug-likeness (QED) is 0.886. The zero-order chi connectivity index (χ0) is 15.9. The lowest BCUT2D eigenvalue weighted by Crippen LogP contribution is -2.34. The van der Waals surface area contributed by atoms with Gasteiger partial charge in [0, 0.05) is 17.1 Å². The minimum atomic E-state index is -0.528. The largest absolute Gasteiger partial charge is 0.326 e. The number of imide groups is 1. The lowest BCUT2D eigenvalue weighted by Gasteiger charge is -2.15. The Hall–Kier alpha value is -2.50. The van der Waals surface area contributed by atoms with Gasteiger partial charge in [0.05, 0.1) is 12.1 Å². The van der Waals surface area contributed by atoms with Crippen LogP contribution in [0.3, 0.4) is 0 Å². The predicted octanol–water partition coefficient (Wildman–Crippen LogP) is 2.45. The van der Waals surface area contributed by atoms with Gasteiger partial charge >= 0.3 is 6.03 Å². The molecule has 0 saturated carbocycles. The molecule has 22 heavy (non-hydrogen) atoms. The zero-order valence-electron chi connectivity index (χ0n) is 12.3. The summed E-state index contributed by atoms with van der Waals surface area (Å²) >= 11 is 0. The molecule has 5 nitrogen and oxygen atoms in total. The first-order valence-electron chi connectivity index (χ1n) is 7.12. The molecule has 1 aliphatic rings. The molecule has 0 bridgehead atoms. The molecule has 0 spiro atoms. The molecule has 1 atom stereocenters. The molecule has 1 saturated heterocycles.